The minimum atomic E-state index is -4.62. The largest absolute Gasteiger partial charge is 0.492 e. The predicted octanol–water partition coefficient (Wildman–Crippen LogP) is 2.70. The van der Waals surface area contributed by atoms with Crippen LogP contribution < -0.4 is 9.64 Å². The molecule has 0 atom stereocenters. The van der Waals surface area contributed by atoms with E-state index in [4.69, 9.17) is 9.47 Å². The summed E-state index contributed by atoms with van der Waals surface area (Å²) in [6.45, 7) is 5.66. The van der Waals surface area contributed by atoms with Gasteiger partial charge in [0.15, 0.2) is 5.65 Å². The number of hydrogen-bond donors (Lipinski definition) is 0. The van der Waals surface area contributed by atoms with Crippen LogP contribution in [-0.2, 0) is 15.7 Å². The van der Waals surface area contributed by atoms with E-state index in [0.29, 0.717) is 64.2 Å². The average Bonchev–Trinajstić information content (AvgIpc) is 3.37. The standard InChI is InChI=1S/C26H32F3N7O3/c1-38-16-15-35-13-12-33(18-24(35)37)14-17-39-21-4-2-19(3-5-21)20-8-10-34(11-9-20)23-7-6-22-30-31-25(26(27,28)29)36(22)32-23/h2-7,20H,8-18H2,1H3. The SMILES string of the molecule is COCCN1CCN(CCOc2ccc(C3CCN(c4ccc5nnc(C(F)(F)F)n5n4)CC3)cc2)CC1=O. The monoisotopic (exact) mass is 547 g/mol. The fourth-order valence-corrected chi connectivity index (χ4v) is 5.08. The number of methoxy groups -OCH3 is 1. The number of hydrogen-bond acceptors (Lipinski definition) is 8. The highest BCUT2D eigenvalue weighted by Gasteiger charge is 2.38. The van der Waals surface area contributed by atoms with Crippen LogP contribution in [0.2, 0.25) is 0 Å². The van der Waals surface area contributed by atoms with Crippen molar-refractivity contribution in [1.29, 1.82) is 0 Å². The molecule has 5 rings (SSSR count). The number of halogens is 3. The molecule has 13 heteroatoms. The van der Waals surface area contributed by atoms with E-state index < -0.39 is 12.0 Å². The highest BCUT2D eigenvalue weighted by Crippen LogP contribution is 2.32. The van der Waals surface area contributed by atoms with E-state index in [9.17, 15) is 18.0 Å². The van der Waals surface area contributed by atoms with Crippen molar-refractivity contribution in [3.05, 3.63) is 47.8 Å². The van der Waals surface area contributed by atoms with Crippen molar-refractivity contribution in [3.63, 3.8) is 0 Å². The van der Waals surface area contributed by atoms with Crippen molar-refractivity contribution in [3.8, 4) is 5.75 Å². The number of anilines is 1. The number of fused-ring (bicyclic) bond motifs is 1. The summed E-state index contributed by atoms with van der Waals surface area (Å²) in [4.78, 5) is 18.2. The van der Waals surface area contributed by atoms with Gasteiger partial charge in [-0.25, -0.2) is 0 Å². The Labute approximate surface area is 224 Å². The van der Waals surface area contributed by atoms with Crippen LogP contribution in [0.25, 0.3) is 5.65 Å². The molecule has 0 N–H and O–H groups in total. The predicted molar refractivity (Wildman–Crippen MR) is 137 cm³/mol. The zero-order valence-corrected chi connectivity index (χ0v) is 21.8. The number of piperidine rings is 1. The summed E-state index contributed by atoms with van der Waals surface area (Å²) in [5.74, 6) is 0.613. The zero-order chi connectivity index (χ0) is 27.4. The fourth-order valence-electron chi connectivity index (χ4n) is 5.08. The first kappa shape index (κ1) is 27.1. The minimum Gasteiger partial charge on any atom is -0.492 e. The van der Waals surface area contributed by atoms with Gasteiger partial charge in [0, 0.05) is 46.4 Å². The van der Waals surface area contributed by atoms with Crippen molar-refractivity contribution >= 4 is 17.4 Å². The van der Waals surface area contributed by atoms with E-state index in [0.717, 1.165) is 29.7 Å². The number of amides is 1. The second kappa shape index (κ2) is 11.7. The molecule has 0 spiro atoms. The highest BCUT2D eigenvalue weighted by atomic mass is 19.4. The summed E-state index contributed by atoms with van der Waals surface area (Å²) in [5, 5.41) is 11.0. The maximum Gasteiger partial charge on any atom is 0.453 e. The van der Waals surface area contributed by atoms with Crippen LogP contribution in [0.4, 0.5) is 19.0 Å². The number of benzene rings is 1. The third-order valence-corrected chi connectivity index (χ3v) is 7.31. The summed E-state index contributed by atoms with van der Waals surface area (Å²) in [6, 6.07) is 11.3. The van der Waals surface area contributed by atoms with E-state index in [1.807, 2.05) is 21.9 Å². The smallest absolute Gasteiger partial charge is 0.453 e. The lowest BCUT2D eigenvalue weighted by Gasteiger charge is -2.34. The lowest BCUT2D eigenvalue weighted by Crippen LogP contribution is -2.51. The van der Waals surface area contributed by atoms with Crippen molar-refractivity contribution in [2.24, 2.45) is 0 Å². The lowest BCUT2D eigenvalue weighted by molar-refractivity contribution is -0.146. The van der Waals surface area contributed by atoms with Crippen molar-refractivity contribution < 1.29 is 27.4 Å². The molecule has 2 fully saturated rings. The van der Waals surface area contributed by atoms with E-state index in [1.54, 1.807) is 13.2 Å². The van der Waals surface area contributed by atoms with Gasteiger partial charge in [-0.3, -0.25) is 9.69 Å². The van der Waals surface area contributed by atoms with Gasteiger partial charge in [0.2, 0.25) is 5.91 Å². The maximum atomic E-state index is 13.2. The molecule has 0 unspecified atom stereocenters. The van der Waals surface area contributed by atoms with Gasteiger partial charge in [0.1, 0.15) is 18.2 Å². The van der Waals surface area contributed by atoms with Gasteiger partial charge in [-0.05, 0) is 48.6 Å². The van der Waals surface area contributed by atoms with E-state index in [1.165, 1.54) is 11.6 Å². The molecular formula is C26H32F3N7O3. The van der Waals surface area contributed by atoms with Gasteiger partial charge in [-0.2, -0.15) is 17.7 Å². The Morgan fingerprint density at radius 2 is 1.72 bits per heavy atom. The number of ether oxygens (including phenoxy) is 2. The highest BCUT2D eigenvalue weighted by molar-refractivity contribution is 5.79. The van der Waals surface area contributed by atoms with Crippen LogP contribution in [0.5, 0.6) is 5.75 Å². The molecule has 0 radical (unpaired) electrons. The molecule has 2 aromatic heterocycles. The Kier molecular flexibility index (Phi) is 8.17. The average molecular weight is 548 g/mol. The van der Waals surface area contributed by atoms with Gasteiger partial charge >= 0.3 is 6.18 Å². The Bertz CT molecular complexity index is 1260. The molecule has 3 aromatic rings. The summed E-state index contributed by atoms with van der Waals surface area (Å²) < 4.78 is 51.3. The number of aromatic nitrogens is 4. The molecule has 1 aromatic carbocycles. The Morgan fingerprint density at radius 3 is 2.41 bits per heavy atom. The summed E-state index contributed by atoms with van der Waals surface area (Å²) in [5.41, 5.74) is 1.28. The van der Waals surface area contributed by atoms with Crippen LogP contribution in [0.1, 0.15) is 30.1 Å². The molecule has 210 valence electrons. The second-order valence-electron chi connectivity index (χ2n) is 9.81. The molecular weight excluding hydrogens is 515 g/mol. The van der Waals surface area contributed by atoms with Crippen molar-refractivity contribution in [2.45, 2.75) is 24.9 Å². The molecule has 2 aliphatic heterocycles. The maximum absolute atomic E-state index is 13.2. The molecule has 0 aliphatic carbocycles. The molecule has 39 heavy (non-hydrogen) atoms. The third kappa shape index (κ3) is 6.41. The topological polar surface area (TPSA) is 88.3 Å². The molecule has 0 bridgehead atoms. The van der Waals surface area contributed by atoms with Gasteiger partial charge in [0.05, 0.1) is 13.2 Å². The van der Waals surface area contributed by atoms with Crippen molar-refractivity contribution in [1.82, 2.24) is 29.6 Å². The number of carbonyl (C=O) groups is 1. The molecule has 0 saturated carbocycles. The van der Waals surface area contributed by atoms with Gasteiger partial charge < -0.3 is 19.3 Å². The first-order chi connectivity index (χ1) is 18.8. The quantitative estimate of drug-likeness (QED) is 0.404. The van der Waals surface area contributed by atoms with Crippen LogP contribution in [-0.4, -0.2) is 102 Å². The third-order valence-electron chi connectivity index (χ3n) is 7.31. The summed E-state index contributed by atoms with van der Waals surface area (Å²) in [6.07, 6.45) is -2.90. The summed E-state index contributed by atoms with van der Waals surface area (Å²) in [7, 11) is 1.63. The fraction of sp³-hybridized carbons (Fsp3) is 0.538. The Balaban J connectivity index is 1.09. The lowest BCUT2D eigenvalue weighted by atomic mass is 9.89. The first-order valence-electron chi connectivity index (χ1n) is 13.1. The number of alkyl halides is 3. The zero-order valence-electron chi connectivity index (χ0n) is 21.8. The first-order valence-corrected chi connectivity index (χ1v) is 13.1. The number of carbonyl (C=O) groups excluding carboxylic acids is 1. The van der Waals surface area contributed by atoms with Gasteiger partial charge in [-0.1, -0.05) is 12.1 Å². The van der Waals surface area contributed by atoms with E-state index >= 15 is 0 Å². The second-order valence-corrected chi connectivity index (χ2v) is 9.81. The van der Waals surface area contributed by atoms with Crippen LogP contribution in [0.15, 0.2) is 36.4 Å². The number of rotatable bonds is 9. The summed E-state index contributed by atoms with van der Waals surface area (Å²) >= 11 is 0. The minimum absolute atomic E-state index is 0.0669. The van der Waals surface area contributed by atoms with E-state index in [-0.39, 0.29) is 11.6 Å². The van der Waals surface area contributed by atoms with E-state index in [2.05, 4.69) is 32.3 Å². The molecule has 4 heterocycles. The normalized spacial score (nSPS) is 17.8. The Morgan fingerprint density at radius 1 is 0.949 bits per heavy atom. The van der Waals surface area contributed by atoms with Crippen LogP contribution in [0, 0.1) is 0 Å². The van der Waals surface area contributed by atoms with Gasteiger partial charge in [0.25, 0.3) is 5.82 Å². The molecule has 1 amide bonds. The molecule has 10 nitrogen and oxygen atoms in total. The van der Waals surface area contributed by atoms with Crippen LogP contribution in [0.3, 0.4) is 0 Å². The Hall–Kier alpha value is -3.45. The molecule has 2 aliphatic rings. The molecule has 2 saturated heterocycles. The van der Waals surface area contributed by atoms with Gasteiger partial charge in [-0.15, -0.1) is 15.3 Å². The number of piperazine rings is 1. The van der Waals surface area contributed by atoms with Crippen molar-refractivity contribution in [2.75, 3.05) is 71.0 Å². The number of nitrogens with zero attached hydrogens (tertiary/aromatic N) is 7. The van der Waals surface area contributed by atoms with Crippen LogP contribution >= 0.6 is 0 Å².